The van der Waals surface area contributed by atoms with Gasteiger partial charge in [-0.25, -0.2) is 9.59 Å². The van der Waals surface area contributed by atoms with Gasteiger partial charge >= 0.3 is 12.0 Å². The van der Waals surface area contributed by atoms with E-state index in [9.17, 15) is 9.59 Å². The average molecular weight is 455 g/mol. The van der Waals surface area contributed by atoms with Crippen LogP contribution >= 0.6 is 15.9 Å². The number of urea groups is 1. The predicted octanol–water partition coefficient (Wildman–Crippen LogP) is 4.22. The van der Waals surface area contributed by atoms with Gasteiger partial charge in [0.05, 0.1) is 35.9 Å². The van der Waals surface area contributed by atoms with Crippen molar-refractivity contribution in [3.63, 3.8) is 0 Å². The van der Waals surface area contributed by atoms with E-state index >= 15 is 0 Å². The minimum absolute atomic E-state index is 0.275. The summed E-state index contributed by atoms with van der Waals surface area (Å²) in [6, 6.07) is 2.56. The first kappa shape index (κ1) is 22.1. The van der Waals surface area contributed by atoms with Crippen LogP contribution in [0.1, 0.15) is 52.1 Å². The molecule has 1 atom stereocenters. The summed E-state index contributed by atoms with van der Waals surface area (Å²) in [6.07, 6.45) is 1.06. The molecule has 2 rings (SSSR count). The van der Waals surface area contributed by atoms with Crippen LogP contribution in [0.5, 0.6) is 11.5 Å². The quantitative estimate of drug-likeness (QED) is 0.574. The lowest BCUT2D eigenvalue weighted by Gasteiger charge is -2.30. The molecule has 1 unspecified atom stereocenters. The predicted molar refractivity (Wildman–Crippen MR) is 109 cm³/mol. The van der Waals surface area contributed by atoms with Gasteiger partial charge in [-0.05, 0) is 60.8 Å². The second-order valence-electron chi connectivity index (χ2n) is 6.59. The minimum Gasteiger partial charge on any atom is -0.492 e. The lowest BCUT2D eigenvalue weighted by Crippen LogP contribution is -2.46. The summed E-state index contributed by atoms with van der Waals surface area (Å²) in [4.78, 5) is 25.1. The Bertz CT molecular complexity index is 776. The second kappa shape index (κ2) is 9.82. The standard InChI is InChI=1S/C20H27BrN2O5/c1-6-8-14-16(19(24)28-11(3)4)17(23-20(25)22-14)12-9-13(21)18(26-5)15(10-12)27-7-2/h9-11,17H,6-8H2,1-5H3,(H2,22,23,25). The molecule has 1 heterocycles. The number of nitrogens with one attached hydrogen (secondary N) is 2. The molecule has 1 aromatic carbocycles. The molecule has 0 saturated carbocycles. The van der Waals surface area contributed by atoms with Crippen molar-refractivity contribution in [1.82, 2.24) is 10.6 Å². The maximum absolute atomic E-state index is 12.9. The zero-order valence-electron chi connectivity index (χ0n) is 16.8. The van der Waals surface area contributed by atoms with E-state index in [4.69, 9.17) is 14.2 Å². The molecule has 154 valence electrons. The van der Waals surface area contributed by atoms with Crippen molar-refractivity contribution in [1.29, 1.82) is 0 Å². The van der Waals surface area contributed by atoms with Gasteiger partial charge in [0, 0.05) is 5.70 Å². The SMILES string of the molecule is CCCC1=C(C(=O)OC(C)C)C(c2cc(Br)c(OC)c(OCC)c2)NC(=O)N1. The highest BCUT2D eigenvalue weighted by molar-refractivity contribution is 9.10. The number of ether oxygens (including phenoxy) is 3. The van der Waals surface area contributed by atoms with E-state index in [2.05, 4.69) is 26.6 Å². The smallest absolute Gasteiger partial charge is 0.338 e. The lowest BCUT2D eigenvalue weighted by atomic mass is 9.93. The van der Waals surface area contributed by atoms with Crippen LogP contribution in [0, 0.1) is 0 Å². The Balaban J connectivity index is 2.60. The molecule has 8 heteroatoms. The van der Waals surface area contributed by atoms with Crippen LogP contribution in [-0.2, 0) is 9.53 Å². The fourth-order valence-electron chi connectivity index (χ4n) is 3.05. The third kappa shape index (κ3) is 4.98. The normalized spacial score (nSPS) is 16.5. The molecule has 0 saturated heterocycles. The van der Waals surface area contributed by atoms with Crippen LogP contribution in [-0.4, -0.2) is 31.8 Å². The number of halogens is 1. The third-order valence-electron chi connectivity index (χ3n) is 4.09. The van der Waals surface area contributed by atoms with Crippen molar-refractivity contribution in [3.8, 4) is 11.5 Å². The van der Waals surface area contributed by atoms with Gasteiger partial charge in [0.15, 0.2) is 11.5 Å². The molecule has 0 radical (unpaired) electrons. The molecule has 2 amide bonds. The average Bonchev–Trinajstić information content (AvgIpc) is 2.60. The minimum atomic E-state index is -0.664. The molecule has 28 heavy (non-hydrogen) atoms. The fourth-order valence-corrected chi connectivity index (χ4v) is 3.67. The van der Waals surface area contributed by atoms with E-state index in [1.165, 1.54) is 0 Å². The van der Waals surface area contributed by atoms with E-state index < -0.39 is 12.0 Å². The van der Waals surface area contributed by atoms with E-state index in [-0.39, 0.29) is 12.1 Å². The van der Waals surface area contributed by atoms with Gasteiger partial charge < -0.3 is 24.8 Å². The number of hydrogen-bond donors (Lipinski definition) is 2. The third-order valence-corrected chi connectivity index (χ3v) is 4.67. The molecule has 0 aromatic heterocycles. The topological polar surface area (TPSA) is 85.9 Å². The van der Waals surface area contributed by atoms with E-state index in [0.29, 0.717) is 45.8 Å². The Kier molecular flexibility index (Phi) is 7.74. The van der Waals surface area contributed by atoms with Crippen molar-refractivity contribution in [2.45, 2.75) is 52.7 Å². The maximum atomic E-state index is 12.9. The summed E-state index contributed by atoms with van der Waals surface area (Å²) in [6.45, 7) is 7.89. The zero-order chi connectivity index (χ0) is 20.8. The number of benzene rings is 1. The van der Waals surface area contributed by atoms with Gasteiger partial charge in [0.2, 0.25) is 0 Å². The van der Waals surface area contributed by atoms with Crippen LogP contribution in [0.3, 0.4) is 0 Å². The number of carbonyl (C=O) groups excluding carboxylic acids is 2. The van der Waals surface area contributed by atoms with Crippen molar-refractivity contribution >= 4 is 27.9 Å². The van der Waals surface area contributed by atoms with Crippen LogP contribution in [0.4, 0.5) is 4.79 Å². The van der Waals surface area contributed by atoms with Crippen LogP contribution < -0.4 is 20.1 Å². The molecule has 1 aromatic rings. The van der Waals surface area contributed by atoms with Gasteiger partial charge in [0.1, 0.15) is 0 Å². The highest BCUT2D eigenvalue weighted by Crippen LogP contribution is 2.40. The molecule has 2 N–H and O–H groups in total. The summed E-state index contributed by atoms with van der Waals surface area (Å²) >= 11 is 3.49. The molecule has 0 fully saturated rings. The van der Waals surface area contributed by atoms with E-state index in [1.807, 2.05) is 19.9 Å². The fraction of sp³-hybridized carbons (Fsp3) is 0.500. The van der Waals surface area contributed by atoms with Gasteiger partial charge in [-0.3, -0.25) is 0 Å². The molecule has 7 nitrogen and oxygen atoms in total. The number of amides is 2. The Morgan fingerprint density at radius 3 is 2.57 bits per heavy atom. The van der Waals surface area contributed by atoms with E-state index in [1.54, 1.807) is 27.0 Å². The summed E-state index contributed by atoms with van der Waals surface area (Å²) in [5, 5.41) is 5.59. The molecular formula is C20H27BrN2O5. The van der Waals surface area contributed by atoms with Gasteiger partial charge in [-0.1, -0.05) is 13.3 Å². The van der Waals surface area contributed by atoms with Crippen LogP contribution in [0.2, 0.25) is 0 Å². The molecular weight excluding hydrogens is 428 g/mol. The second-order valence-corrected chi connectivity index (χ2v) is 7.45. The van der Waals surface area contributed by atoms with Crippen molar-refractivity contribution in [2.75, 3.05) is 13.7 Å². The molecule has 0 bridgehead atoms. The summed E-state index contributed by atoms with van der Waals surface area (Å²) in [7, 11) is 1.55. The largest absolute Gasteiger partial charge is 0.492 e. The number of allylic oxidation sites excluding steroid dienone is 1. The van der Waals surface area contributed by atoms with E-state index in [0.717, 1.165) is 6.42 Å². The first-order valence-corrected chi connectivity index (χ1v) is 10.1. The molecule has 0 aliphatic carbocycles. The highest BCUT2D eigenvalue weighted by Gasteiger charge is 2.34. The first-order chi connectivity index (χ1) is 13.3. The highest BCUT2D eigenvalue weighted by atomic mass is 79.9. The van der Waals surface area contributed by atoms with Crippen LogP contribution in [0.25, 0.3) is 0 Å². The number of carbonyl (C=O) groups is 2. The summed E-state index contributed by atoms with van der Waals surface area (Å²) in [5.74, 6) is 0.617. The Hall–Kier alpha value is -2.22. The molecule has 0 spiro atoms. The first-order valence-electron chi connectivity index (χ1n) is 9.34. The van der Waals surface area contributed by atoms with Gasteiger partial charge in [0.25, 0.3) is 0 Å². The monoisotopic (exact) mass is 454 g/mol. The molecule has 1 aliphatic rings. The number of esters is 1. The maximum Gasteiger partial charge on any atom is 0.338 e. The Labute approximate surface area is 173 Å². The number of hydrogen-bond acceptors (Lipinski definition) is 5. The van der Waals surface area contributed by atoms with Crippen molar-refractivity contribution in [3.05, 3.63) is 33.4 Å². The molecule has 1 aliphatic heterocycles. The van der Waals surface area contributed by atoms with Crippen molar-refractivity contribution in [2.24, 2.45) is 0 Å². The zero-order valence-corrected chi connectivity index (χ0v) is 18.4. The summed E-state index contributed by atoms with van der Waals surface area (Å²) < 4.78 is 17.2. The van der Waals surface area contributed by atoms with Crippen LogP contribution in [0.15, 0.2) is 27.9 Å². The Morgan fingerprint density at radius 1 is 1.29 bits per heavy atom. The number of methoxy groups -OCH3 is 1. The van der Waals surface area contributed by atoms with Gasteiger partial charge in [-0.15, -0.1) is 0 Å². The van der Waals surface area contributed by atoms with Crippen molar-refractivity contribution < 1.29 is 23.8 Å². The van der Waals surface area contributed by atoms with Gasteiger partial charge in [-0.2, -0.15) is 0 Å². The number of rotatable bonds is 8. The Morgan fingerprint density at radius 2 is 2.00 bits per heavy atom. The lowest BCUT2D eigenvalue weighted by molar-refractivity contribution is -0.143. The summed E-state index contributed by atoms with van der Waals surface area (Å²) in [5.41, 5.74) is 1.66.